The monoisotopic (exact) mass is 832 g/mol. The fourth-order valence-corrected chi connectivity index (χ4v) is 15.6. The standard InChI is InChI=1S/C59H40N4Si/c1-4-18-44(19-5-1)64(45-20-6-2-7-21-45,46-22-8-3-9-23-46)47-24-16-17-41(37-47)61-55-29-14-11-26-49(55)52-38-42(32-34-57(52)61)63-54-28-13-10-25-48(54)51-33-31-43(39-59(51)63)62-56-30-15-12-27-50(56)53-40-60-36-35-58(53)62/h1-40H. The molecule has 0 radical (unpaired) electrons. The quantitative estimate of drug-likeness (QED) is 0.116. The molecule has 4 nitrogen and oxygen atoms in total. The van der Waals surface area contributed by atoms with Crippen molar-refractivity contribution in [2.24, 2.45) is 0 Å². The zero-order chi connectivity index (χ0) is 42.2. The Balaban J connectivity index is 1.03. The first kappa shape index (κ1) is 36.4. The highest BCUT2D eigenvalue weighted by molar-refractivity contribution is 7.19. The van der Waals surface area contributed by atoms with Gasteiger partial charge in [-0.2, -0.15) is 0 Å². The van der Waals surface area contributed by atoms with E-state index in [2.05, 4.69) is 249 Å². The van der Waals surface area contributed by atoms with Gasteiger partial charge in [-0.1, -0.05) is 164 Å². The summed E-state index contributed by atoms with van der Waals surface area (Å²) in [5.74, 6) is 0. The molecule has 0 saturated heterocycles. The van der Waals surface area contributed by atoms with Gasteiger partial charge in [0.2, 0.25) is 0 Å². The minimum atomic E-state index is -2.75. The number of nitrogens with zero attached hydrogens (tertiary/aromatic N) is 4. The van der Waals surface area contributed by atoms with E-state index in [1.165, 1.54) is 75.3 Å². The summed E-state index contributed by atoms with van der Waals surface area (Å²) in [6, 6.07) is 85.3. The van der Waals surface area contributed by atoms with Crippen LogP contribution < -0.4 is 20.7 Å². The second-order valence-electron chi connectivity index (χ2n) is 16.8. The molecule has 4 aromatic heterocycles. The molecular weight excluding hydrogens is 793 g/mol. The van der Waals surface area contributed by atoms with Crippen molar-refractivity contribution in [1.29, 1.82) is 0 Å². The summed E-state index contributed by atoms with van der Waals surface area (Å²) in [5.41, 5.74) is 10.4. The molecule has 0 amide bonds. The van der Waals surface area contributed by atoms with Crippen LogP contribution in [0.25, 0.3) is 82.5 Å². The highest BCUT2D eigenvalue weighted by Gasteiger charge is 2.41. The lowest BCUT2D eigenvalue weighted by Crippen LogP contribution is -2.74. The molecule has 5 heteroatoms. The number of hydrogen-bond donors (Lipinski definition) is 0. The molecule has 0 unspecified atom stereocenters. The Kier molecular flexibility index (Phi) is 8.20. The van der Waals surface area contributed by atoms with E-state index in [1.807, 2.05) is 12.4 Å². The van der Waals surface area contributed by atoms with E-state index in [0.29, 0.717) is 0 Å². The van der Waals surface area contributed by atoms with Crippen LogP contribution in [0.1, 0.15) is 0 Å². The van der Waals surface area contributed by atoms with Gasteiger partial charge < -0.3 is 13.7 Å². The van der Waals surface area contributed by atoms with Gasteiger partial charge in [-0.25, -0.2) is 0 Å². The number of pyridine rings is 1. The van der Waals surface area contributed by atoms with Crippen molar-refractivity contribution < 1.29 is 0 Å². The minimum absolute atomic E-state index is 1.12. The van der Waals surface area contributed by atoms with Crippen molar-refractivity contribution >= 4 is 94.2 Å². The van der Waals surface area contributed by atoms with E-state index in [1.54, 1.807) is 0 Å². The molecule has 64 heavy (non-hydrogen) atoms. The van der Waals surface area contributed by atoms with Gasteiger partial charge in [0.1, 0.15) is 0 Å². The highest BCUT2D eigenvalue weighted by atomic mass is 28.3. The molecule has 0 atom stereocenters. The summed E-state index contributed by atoms with van der Waals surface area (Å²) in [6.45, 7) is 0. The summed E-state index contributed by atoms with van der Waals surface area (Å²) in [5, 5.41) is 12.7. The third-order valence-electron chi connectivity index (χ3n) is 13.5. The van der Waals surface area contributed by atoms with Gasteiger partial charge in [-0.3, -0.25) is 4.98 Å². The lowest BCUT2D eigenvalue weighted by atomic mass is 10.1. The molecule has 4 heterocycles. The largest absolute Gasteiger partial charge is 0.309 e. The van der Waals surface area contributed by atoms with Crippen LogP contribution in [0.5, 0.6) is 0 Å². The average molecular weight is 833 g/mol. The molecule has 0 N–H and O–H groups in total. The maximum absolute atomic E-state index is 4.50. The summed E-state index contributed by atoms with van der Waals surface area (Å²) in [6.07, 6.45) is 3.88. The SMILES string of the molecule is c1ccc([Si](c2ccccc2)(c2ccccc2)c2cccc(-n3c4ccccc4c4cc(-n5c6ccccc6c6ccc(-n7c8ccccc8c8cnccc87)cc65)ccc43)c2)cc1. The van der Waals surface area contributed by atoms with Crippen molar-refractivity contribution in [2.45, 2.75) is 0 Å². The first-order valence-corrected chi connectivity index (χ1v) is 24.0. The van der Waals surface area contributed by atoms with Gasteiger partial charge in [-0.15, -0.1) is 0 Å². The van der Waals surface area contributed by atoms with Gasteiger partial charge in [0, 0.05) is 61.8 Å². The van der Waals surface area contributed by atoms with Crippen LogP contribution in [-0.4, -0.2) is 26.8 Å². The summed E-state index contributed by atoms with van der Waals surface area (Å²) >= 11 is 0. The lowest BCUT2D eigenvalue weighted by Gasteiger charge is -2.34. The molecule has 13 rings (SSSR count). The van der Waals surface area contributed by atoms with Crippen molar-refractivity contribution in [1.82, 2.24) is 18.7 Å². The molecule has 9 aromatic carbocycles. The lowest BCUT2D eigenvalue weighted by molar-refractivity contribution is 1.15. The Morgan fingerprint density at radius 1 is 0.266 bits per heavy atom. The molecule has 0 bridgehead atoms. The molecule has 0 aliphatic heterocycles. The first-order valence-electron chi connectivity index (χ1n) is 22.0. The van der Waals surface area contributed by atoms with Gasteiger partial charge in [0.15, 0.2) is 8.07 Å². The maximum Gasteiger partial charge on any atom is 0.179 e. The molecule has 0 spiro atoms. The number of para-hydroxylation sites is 3. The van der Waals surface area contributed by atoms with E-state index >= 15 is 0 Å². The van der Waals surface area contributed by atoms with Gasteiger partial charge >= 0.3 is 0 Å². The first-order chi connectivity index (χ1) is 31.8. The number of aromatic nitrogens is 4. The maximum atomic E-state index is 4.50. The predicted octanol–water partition coefficient (Wildman–Crippen LogP) is 11.8. The zero-order valence-corrected chi connectivity index (χ0v) is 35.9. The van der Waals surface area contributed by atoms with E-state index in [9.17, 15) is 0 Å². The van der Waals surface area contributed by atoms with Gasteiger partial charge in [-0.05, 0) is 87.5 Å². The van der Waals surface area contributed by atoms with Crippen molar-refractivity contribution in [3.8, 4) is 17.1 Å². The second kappa shape index (κ2) is 14.4. The summed E-state index contributed by atoms with van der Waals surface area (Å²) < 4.78 is 7.30. The topological polar surface area (TPSA) is 27.7 Å². The van der Waals surface area contributed by atoms with E-state index in [0.717, 1.165) is 28.0 Å². The number of benzene rings is 9. The molecule has 0 aliphatic rings. The van der Waals surface area contributed by atoms with E-state index in [4.69, 9.17) is 0 Å². The van der Waals surface area contributed by atoms with Crippen LogP contribution in [0.15, 0.2) is 243 Å². The zero-order valence-electron chi connectivity index (χ0n) is 34.9. The van der Waals surface area contributed by atoms with Crippen LogP contribution in [0, 0.1) is 0 Å². The van der Waals surface area contributed by atoms with Crippen LogP contribution >= 0.6 is 0 Å². The molecular formula is C59H40N4Si. The Morgan fingerprint density at radius 2 is 0.688 bits per heavy atom. The van der Waals surface area contributed by atoms with Gasteiger partial charge in [0.25, 0.3) is 0 Å². The highest BCUT2D eigenvalue weighted by Crippen LogP contribution is 2.39. The number of fused-ring (bicyclic) bond motifs is 9. The number of hydrogen-bond acceptors (Lipinski definition) is 1. The van der Waals surface area contributed by atoms with E-state index < -0.39 is 8.07 Å². The predicted molar refractivity (Wildman–Crippen MR) is 271 cm³/mol. The van der Waals surface area contributed by atoms with Gasteiger partial charge in [0.05, 0.1) is 33.1 Å². The molecule has 13 aromatic rings. The Morgan fingerprint density at radius 3 is 1.30 bits per heavy atom. The van der Waals surface area contributed by atoms with Crippen LogP contribution in [0.4, 0.5) is 0 Å². The molecule has 0 aliphatic carbocycles. The fourth-order valence-electron chi connectivity index (χ4n) is 10.8. The van der Waals surface area contributed by atoms with Crippen LogP contribution in [-0.2, 0) is 0 Å². The third-order valence-corrected chi connectivity index (χ3v) is 18.2. The minimum Gasteiger partial charge on any atom is -0.309 e. The molecule has 0 fully saturated rings. The fraction of sp³-hybridized carbons (Fsp3) is 0. The van der Waals surface area contributed by atoms with Crippen molar-refractivity contribution in [3.63, 3.8) is 0 Å². The van der Waals surface area contributed by atoms with Crippen molar-refractivity contribution in [2.75, 3.05) is 0 Å². The summed E-state index contributed by atoms with van der Waals surface area (Å²) in [4.78, 5) is 4.50. The van der Waals surface area contributed by atoms with Crippen molar-refractivity contribution in [3.05, 3.63) is 243 Å². The molecule has 0 saturated carbocycles. The Bertz CT molecular complexity index is 3750. The molecule has 300 valence electrons. The summed E-state index contributed by atoms with van der Waals surface area (Å²) in [7, 11) is -2.75. The Hall–Kier alpha value is -8.25. The van der Waals surface area contributed by atoms with Crippen LogP contribution in [0.2, 0.25) is 0 Å². The number of rotatable bonds is 7. The smallest absolute Gasteiger partial charge is 0.179 e. The third kappa shape index (κ3) is 5.31. The van der Waals surface area contributed by atoms with E-state index in [-0.39, 0.29) is 0 Å². The second-order valence-corrected chi connectivity index (χ2v) is 20.6. The normalized spacial score (nSPS) is 12.1. The van der Waals surface area contributed by atoms with Crippen LogP contribution in [0.3, 0.4) is 0 Å². The average Bonchev–Trinajstić information content (AvgIpc) is 4.01. The Labute approximate surface area is 371 Å².